The van der Waals surface area contributed by atoms with E-state index in [1.165, 1.54) is 11.3 Å². The van der Waals surface area contributed by atoms with Gasteiger partial charge in [-0.15, -0.1) is 16.3 Å². The van der Waals surface area contributed by atoms with E-state index < -0.39 is 11.9 Å². The highest BCUT2D eigenvalue weighted by molar-refractivity contribution is 7.13. The molecule has 13 nitrogen and oxygen atoms in total. The molecule has 1 aromatic rings. The van der Waals surface area contributed by atoms with Crippen LogP contribution in [0, 0.1) is 11.5 Å². The van der Waals surface area contributed by atoms with Gasteiger partial charge in [0.05, 0.1) is 18.8 Å². The van der Waals surface area contributed by atoms with Crippen molar-refractivity contribution in [2.75, 3.05) is 39.2 Å². The third kappa shape index (κ3) is 16.1. The average Bonchev–Trinajstić information content (AvgIpc) is 3.19. The van der Waals surface area contributed by atoms with Crippen LogP contribution in [-0.4, -0.2) is 72.9 Å². The molecule has 0 radical (unpaired) electrons. The Morgan fingerprint density at radius 2 is 2.03 bits per heavy atom. The van der Waals surface area contributed by atoms with Gasteiger partial charge in [0.25, 0.3) is 0 Å². The Balaban J connectivity index is 0.00000102. The van der Waals surface area contributed by atoms with E-state index in [9.17, 15) is 9.59 Å². The monoisotopic (exact) mass is 468 g/mol. The minimum atomic E-state index is -1.26. The Hall–Kier alpha value is -3.70. The molecular weight excluding hydrogens is 440 g/mol. The summed E-state index contributed by atoms with van der Waals surface area (Å²) in [7, 11) is 3.34. The maximum Gasteiger partial charge on any atom is 0.328 e. The first-order valence-corrected chi connectivity index (χ1v) is 10.2. The van der Waals surface area contributed by atoms with Crippen molar-refractivity contribution in [3.8, 4) is 6.19 Å². The fourth-order valence-corrected chi connectivity index (χ4v) is 2.65. The molecule has 0 unspecified atom stereocenters. The summed E-state index contributed by atoms with van der Waals surface area (Å²) in [6.45, 7) is 1.80. The lowest BCUT2D eigenvalue weighted by atomic mass is 10.2. The van der Waals surface area contributed by atoms with E-state index in [4.69, 9.17) is 25.9 Å². The SMILES string of the molecule is CNC(=NC#N)NCCCCc1csc(NC(N)=NCCOC)n1.O=C(O)C=CC(=O)O. The highest BCUT2D eigenvalue weighted by atomic mass is 32.1. The van der Waals surface area contributed by atoms with Crippen molar-refractivity contribution < 1.29 is 24.5 Å². The van der Waals surface area contributed by atoms with Crippen molar-refractivity contribution in [2.45, 2.75) is 19.3 Å². The Labute approximate surface area is 189 Å². The third-order valence-electron chi connectivity index (χ3n) is 3.28. The van der Waals surface area contributed by atoms with Crippen molar-refractivity contribution >= 4 is 40.3 Å². The van der Waals surface area contributed by atoms with Crippen LogP contribution in [0.2, 0.25) is 0 Å². The van der Waals surface area contributed by atoms with Crippen molar-refractivity contribution in [1.29, 1.82) is 5.26 Å². The summed E-state index contributed by atoms with van der Waals surface area (Å²) < 4.78 is 4.91. The molecule has 0 fully saturated rings. The Morgan fingerprint density at radius 1 is 1.34 bits per heavy atom. The van der Waals surface area contributed by atoms with Gasteiger partial charge in [-0.25, -0.2) is 14.6 Å². The molecule has 0 saturated carbocycles. The number of aryl methyl sites for hydroxylation is 1. The summed E-state index contributed by atoms with van der Waals surface area (Å²) in [5, 5.41) is 35.7. The molecule has 0 aromatic carbocycles. The number of carboxylic acid groups (broad SMARTS) is 2. The summed E-state index contributed by atoms with van der Waals surface area (Å²) in [4.78, 5) is 31.3. The zero-order valence-corrected chi connectivity index (χ0v) is 18.7. The van der Waals surface area contributed by atoms with Gasteiger partial charge in [-0.05, 0) is 19.3 Å². The normalized spacial score (nSPS) is 11.3. The molecule has 0 atom stereocenters. The molecule has 0 aliphatic carbocycles. The molecule has 0 aliphatic heterocycles. The number of nitrogens with one attached hydrogen (secondary N) is 3. The van der Waals surface area contributed by atoms with Crippen molar-refractivity contribution in [3.63, 3.8) is 0 Å². The maximum atomic E-state index is 9.55. The molecule has 7 N–H and O–H groups in total. The number of guanidine groups is 2. The lowest BCUT2D eigenvalue weighted by molar-refractivity contribution is -0.134. The predicted molar refractivity (Wildman–Crippen MR) is 122 cm³/mol. The first-order valence-electron chi connectivity index (χ1n) is 9.35. The van der Waals surface area contributed by atoms with E-state index in [2.05, 4.69) is 30.9 Å². The van der Waals surface area contributed by atoms with Gasteiger partial charge in [-0.3, -0.25) is 4.99 Å². The van der Waals surface area contributed by atoms with Gasteiger partial charge >= 0.3 is 11.9 Å². The van der Waals surface area contributed by atoms with Gasteiger partial charge < -0.3 is 36.6 Å². The number of aliphatic imine (C=N–C) groups is 2. The number of thiazole rings is 1. The number of nitriles is 1. The molecule has 176 valence electrons. The molecule has 32 heavy (non-hydrogen) atoms. The number of carboxylic acids is 2. The number of rotatable bonds is 11. The summed E-state index contributed by atoms with van der Waals surface area (Å²) in [6, 6.07) is 0. The van der Waals surface area contributed by atoms with Gasteiger partial charge in [0.15, 0.2) is 11.1 Å². The Morgan fingerprint density at radius 3 is 2.59 bits per heavy atom. The van der Waals surface area contributed by atoms with Crippen LogP contribution in [-0.2, 0) is 20.7 Å². The molecule has 1 rings (SSSR count). The first-order chi connectivity index (χ1) is 15.3. The minimum absolute atomic E-state index is 0.341. The van der Waals surface area contributed by atoms with E-state index in [1.54, 1.807) is 20.4 Å². The molecule has 0 aliphatic rings. The summed E-state index contributed by atoms with van der Waals surface area (Å²) in [6.07, 6.45) is 5.67. The molecule has 14 heteroatoms. The number of unbranched alkanes of at least 4 members (excludes halogenated alkanes) is 1. The Bertz CT molecular complexity index is 816. The Kier molecular flexibility index (Phi) is 16.0. The van der Waals surface area contributed by atoms with Gasteiger partial charge in [0.2, 0.25) is 12.2 Å². The second kappa shape index (κ2) is 18.1. The van der Waals surface area contributed by atoms with Gasteiger partial charge in [-0.2, -0.15) is 5.26 Å². The summed E-state index contributed by atoms with van der Waals surface area (Å²) in [5.41, 5.74) is 6.78. The standard InChI is InChI=1S/C14H24N8OS.C4H4O4/c1-17-13(20-10-15)19-6-4-3-5-11-9-24-14(21-11)22-12(16)18-7-8-23-2;5-3(6)1-2-4(7)8/h9H,3-8H2,1-2H3,(H2,17,19,20)(H3,16,18,21,22);1-2H,(H,5,6)(H,7,8). The largest absolute Gasteiger partial charge is 0.478 e. The molecule has 0 saturated heterocycles. The summed E-state index contributed by atoms with van der Waals surface area (Å²) >= 11 is 1.50. The number of ether oxygens (including phenoxy) is 1. The van der Waals surface area contributed by atoms with Gasteiger partial charge in [0.1, 0.15) is 0 Å². The second-order valence-corrected chi connectivity index (χ2v) is 6.59. The van der Waals surface area contributed by atoms with Crippen LogP contribution in [0.5, 0.6) is 0 Å². The maximum absolute atomic E-state index is 9.55. The highest BCUT2D eigenvalue weighted by Gasteiger charge is 2.03. The molecule has 0 bridgehead atoms. The third-order valence-corrected chi connectivity index (χ3v) is 4.09. The van der Waals surface area contributed by atoms with E-state index in [1.807, 2.05) is 5.38 Å². The zero-order valence-electron chi connectivity index (χ0n) is 17.9. The molecule has 0 spiro atoms. The number of methoxy groups -OCH3 is 1. The van der Waals surface area contributed by atoms with E-state index in [0.29, 0.717) is 37.2 Å². The second-order valence-electron chi connectivity index (χ2n) is 5.73. The van der Waals surface area contributed by atoms with Crippen molar-refractivity contribution in [1.82, 2.24) is 15.6 Å². The van der Waals surface area contributed by atoms with Crippen LogP contribution in [0.25, 0.3) is 0 Å². The van der Waals surface area contributed by atoms with E-state index >= 15 is 0 Å². The predicted octanol–water partition coefficient (Wildman–Crippen LogP) is 0.197. The van der Waals surface area contributed by atoms with Crippen LogP contribution >= 0.6 is 11.3 Å². The lowest BCUT2D eigenvalue weighted by Crippen LogP contribution is -2.35. The fourth-order valence-electron chi connectivity index (χ4n) is 1.90. The molecular formula is C18H28N8O5S. The van der Waals surface area contributed by atoms with Crippen LogP contribution in [0.4, 0.5) is 5.13 Å². The van der Waals surface area contributed by atoms with Crippen LogP contribution in [0.15, 0.2) is 27.5 Å². The number of aromatic nitrogens is 1. The summed E-state index contributed by atoms with van der Waals surface area (Å²) in [5.74, 6) is -1.69. The average molecular weight is 469 g/mol. The minimum Gasteiger partial charge on any atom is -0.478 e. The topological polar surface area (TPSA) is 207 Å². The number of hydrogen-bond acceptors (Lipinski definition) is 8. The van der Waals surface area contributed by atoms with E-state index in [-0.39, 0.29) is 0 Å². The number of hydrogen-bond donors (Lipinski definition) is 6. The smallest absolute Gasteiger partial charge is 0.328 e. The fraction of sp³-hybridized carbons (Fsp3) is 0.444. The van der Waals surface area contributed by atoms with E-state index in [0.717, 1.165) is 36.6 Å². The van der Waals surface area contributed by atoms with Gasteiger partial charge in [-0.1, -0.05) is 0 Å². The number of aliphatic carboxylic acids is 2. The molecule has 1 heterocycles. The highest BCUT2D eigenvalue weighted by Crippen LogP contribution is 2.16. The zero-order chi connectivity index (χ0) is 24.2. The number of anilines is 1. The van der Waals surface area contributed by atoms with Gasteiger partial charge in [0, 0.05) is 38.2 Å². The van der Waals surface area contributed by atoms with Crippen LogP contribution < -0.4 is 21.7 Å². The number of nitrogens with two attached hydrogens (primary N) is 1. The molecule has 0 amide bonds. The van der Waals surface area contributed by atoms with Crippen molar-refractivity contribution in [2.24, 2.45) is 15.7 Å². The van der Waals surface area contributed by atoms with Crippen molar-refractivity contribution in [3.05, 3.63) is 23.2 Å². The number of carbonyl (C=O) groups is 2. The van der Waals surface area contributed by atoms with Crippen LogP contribution in [0.1, 0.15) is 18.5 Å². The van der Waals surface area contributed by atoms with Crippen LogP contribution in [0.3, 0.4) is 0 Å². The number of nitrogens with zero attached hydrogens (tertiary/aromatic N) is 4. The quantitative estimate of drug-likeness (QED) is 0.0849. The molecule has 1 aromatic heterocycles. The lowest BCUT2D eigenvalue weighted by Gasteiger charge is -2.06. The first kappa shape index (κ1) is 28.3.